The Morgan fingerprint density at radius 3 is 2.87 bits per heavy atom. The molecule has 1 unspecified atom stereocenters. The number of carbonyl (C=O) groups is 1. The molecule has 1 aromatic heterocycles. The van der Waals surface area contributed by atoms with Crippen LogP contribution in [0.3, 0.4) is 0 Å². The molecule has 0 spiro atoms. The number of aryl methyl sites for hydroxylation is 2. The van der Waals surface area contributed by atoms with E-state index in [4.69, 9.17) is 5.11 Å². The zero-order chi connectivity index (χ0) is 11.4. The summed E-state index contributed by atoms with van der Waals surface area (Å²) in [6, 6.07) is 0. The third kappa shape index (κ3) is 2.82. The second kappa shape index (κ2) is 5.32. The molecule has 0 fully saturated rings. The SMILES string of the molecule is Cc1nn(C)c(SCC(C)CO)c1C=O. The number of aldehydes is 1. The van der Waals surface area contributed by atoms with Gasteiger partial charge in [-0.3, -0.25) is 9.48 Å². The van der Waals surface area contributed by atoms with Crippen molar-refractivity contribution in [2.75, 3.05) is 12.4 Å². The average molecular weight is 228 g/mol. The monoisotopic (exact) mass is 228 g/mol. The second-order valence-electron chi connectivity index (χ2n) is 3.64. The first-order valence-electron chi connectivity index (χ1n) is 4.82. The predicted molar refractivity (Wildman–Crippen MR) is 60.3 cm³/mol. The summed E-state index contributed by atoms with van der Waals surface area (Å²) in [5.74, 6) is 1.01. The number of aliphatic hydroxyl groups excluding tert-OH is 1. The fourth-order valence-corrected chi connectivity index (χ4v) is 2.36. The van der Waals surface area contributed by atoms with E-state index in [0.29, 0.717) is 5.56 Å². The maximum Gasteiger partial charge on any atom is 0.154 e. The number of carbonyl (C=O) groups excluding carboxylic acids is 1. The quantitative estimate of drug-likeness (QED) is 0.609. The number of aliphatic hydroxyl groups is 1. The van der Waals surface area contributed by atoms with Crippen LogP contribution in [0.5, 0.6) is 0 Å². The van der Waals surface area contributed by atoms with Crippen LogP contribution < -0.4 is 0 Å². The first-order chi connectivity index (χ1) is 7.10. The van der Waals surface area contributed by atoms with Gasteiger partial charge in [0.1, 0.15) is 5.03 Å². The van der Waals surface area contributed by atoms with E-state index >= 15 is 0 Å². The van der Waals surface area contributed by atoms with Crippen LogP contribution in [-0.2, 0) is 7.05 Å². The fourth-order valence-electron chi connectivity index (χ4n) is 1.23. The van der Waals surface area contributed by atoms with Gasteiger partial charge in [-0.2, -0.15) is 5.10 Å². The molecular formula is C10H16N2O2S. The second-order valence-corrected chi connectivity index (χ2v) is 4.65. The summed E-state index contributed by atoms with van der Waals surface area (Å²) in [5.41, 5.74) is 1.42. The van der Waals surface area contributed by atoms with Gasteiger partial charge >= 0.3 is 0 Å². The summed E-state index contributed by atoms with van der Waals surface area (Å²) in [7, 11) is 1.83. The summed E-state index contributed by atoms with van der Waals surface area (Å²) in [5, 5.41) is 14.0. The summed E-state index contributed by atoms with van der Waals surface area (Å²) < 4.78 is 1.72. The largest absolute Gasteiger partial charge is 0.396 e. The molecule has 0 bridgehead atoms. The highest BCUT2D eigenvalue weighted by Crippen LogP contribution is 2.25. The van der Waals surface area contributed by atoms with Crippen LogP contribution in [-0.4, -0.2) is 33.5 Å². The number of rotatable bonds is 5. The van der Waals surface area contributed by atoms with Gasteiger partial charge in [0.15, 0.2) is 6.29 Å². The lowest BCUT2D eigenvalue weighted by Gasteiger charge is -2.07. The average Bonchev–Trinajstić information content (AvgIpc) is 2.49. The van der Waals surface area contributed by atoms with Gasteiger partial charge in [0.25, 0.3) is 0 Å². The highest BCUT2D eigenvalue weighted by atomic mass is 32.2. The minimum absolute atomic E-state index is 0.167. The molecule has 5 heteroatoms. The van der Waals surface area contributed by atoms with Crippen molar-refractivity contribution in [1.29, 1.82) is 0 Å². The Kier molecular flexibility index (Phi) is 4.35. The van der Waals surface area contributed by atoms with Crippen molar-refractivity contribution in [2.24, 2.45) is 13.0 Å². The van der Waals surface area contributed by atoms with Crippen LogP contribution >= 0.6 is 11.8 Å². The molecule has 0 aliphatic rings. The Balaban J connectivity index is 2.79. The number of aromatic nitrogens is 2. The zero-order valence-corrected chi connectivity index (χ0v) is 10.0. The van der Waals surface area contributed by atoms with E-state index in [1.807, 2.05) is 20.9 Å². The van der Waals surface area contributed by atoms with Crippen LogP contribution in [0.25, 0.3) is 0 Å². The van der Waals surface area contributed by atoms with E-state index in [9.17, 15) is 4.79 Å². The molecule has 1 atom stereocenters. The molecule has 1 N–H and O–H groups in total. The Bertz CT molecular complexity index is 349. The molecule has 0 saturated heterocycles. The van der Waals surface area contributed by atoms with Gasteiger partial charge in [-0.1, -0.05) is 6.92 Å². The molecule has 84 valence electrons. The lowest BCUT2D eigenvalue weighted by molar-refractivity contribution is 0.112. The van der Waals surface area contributed by atoms with Crippen molar-refractivity contribution in [3.05, 3.63) is 11.3 Å². The van der Waals surface area contributed by atoms with Gasteiger partial charge in [0.2, 0.25) is 0 Å². The van der Waals surface area contributed by atoms with Crippen LogP contribution in [0, 0.1) is 12.8 Å². The maximum absolute atomic E-state index is 10.9. The maximum atomic E-state index is 10.9. The van der Waals surface area contributed by atoms with Crippen LogP contribution in [0.15, 0.2) is 5.03 Å². The minimum Gasteiger partial charge on any atom is -0.396 e. The van der Waals surface area contributed by atoms with Gasteiger partial charge in [-0.05, 0) is 12.8 Å². The lowest BCUT2D eigenvalue weighted by atomic mass is 10.2. The Hall–Kier alpha value is -0.810. The van der Waals surface area contributed by atoms with Crippen molar-refractivity contribution >= 4 is 18.0 Å². The van der Waals surface area contributed by atoms with Crippen molar-refractivity contribution in [3.8, 4) is 0 Å². The van der Waals surface area contributed by atoms with Crippen molar-refractivity contribution < 1.29 is 9.90 Å². The number of hydrogen-bond donors (Lipinski definition) is 1. The van der Waals surface area contributed by atoms with E-state index < -0.39 is 0 Å². The van der Waals surface area contributed by atoms with Gasteiger partial charge in [-0.25, -0.2) is 0 Å². The Morgan fingerprint density at radius 2 is 2.33 bits per heavy atom. The first kappa shape index (κ1) is 12.3. The van der Waals surface area contributed by atoms with E-state index in [0.717, 1.165) is 22.8 Å². The van der Waals surface area contributed by atoms with E-state index in [1.165, 1.54) is 0 Å². The molecule has 0 saturated carbocycles. The first-order valence-corrected chi connectivity index (χ1v) is 5.81. The molecule has 0 amide bonds. The molecule has 1 heterocycles. The van der Waals surface area contributed by atoms with Gasteiger partial charge in [0, 0.05) is 19.4 Å². The Labute approximate surface area is 93.7 Å². The number of hydrogen-bond acceptors (Lipinski definition) is 4. The minimum atomic E-state index is 0.167. The molecule has 0 aliphatic carbocycles. The summed E-state index contributed by atoms with van der Waals surface area (Å²) in [6.45, 7) is 3.96. The van der Waals surface area contributed by atoms with E-state index in [-0.39, 0.29) is 12.5 Å². The smallest absolute Gasteiger partial charge is 0.154 e. The van der Waals surface area contributed by atoms with Gasteiger partial charge < -0.3 is 5.11 Å². The van der Waals surface area contributed by atoms with Crippen LogP contribution in [0.2, 0.25) is 0 Å². The molecule has 0 aliphatic heterocycles. The molecule has 0 radical (unpaired) electrons. The molecule has 15 heavy (non-hydrogen) atoms. The van der Waals surface area contributed by atoms with Crippen molar-refractivity contribution in [1.82, 2.24) is 9.78 Å². The number of nitrogens with zero attached hydrogens (tertiary/aromatic N) is 2. The molecule has 0 aromatic carbocycles. The molecule has 1 aromatic rings. The molecule has 1 rings (SSSR count). The summed E-state index contributed by atoms with van der Waals surface area (Å²) in [6.07, 6.45) is 0.842. The number of thioether (sulfide) groups is 1. The highest BCUT2D eigenvalue weighted by molar-refractivity contribution is 7.99. The highest BCUT2D eigenvalue weighted by Gasteiger charge is 2.13. The third-order valence-corrected chi connectivity index (χ3v) is 3.64. The normalized spacial score (nSPS) is 12.8. The van der Waals surface area contributed by atoms with Crippen LogP contribution in [0.1, 0.15) is 23.0 Å². The lowest BCUT2D eigenvalue weighted by Crippen LogP contribution is -2.05. The standard InChI is InChI=1S/C10H16N2O2S/c1-7(4-13)6-15-10-9(5-14)8(2)11-12(10)3/h5,7,13H,4,6H2,1-3H3. The zero-order valence-electron chi connectivity index (χ0n) is 9.23. The third-order valence-electron chi connectivity index (χ3n) is 2.15. The summed E-state index contributed by atoms with van der Waals surface area (Å²) >= 11 is 1.56. The van der Waals surface area contributed by atoms with Crippen LogP contribution in [0.4, 0.5) is 0 Å². The molecular weight excluding hydrogens is 212 g/mol. The van der Waals surface area contributed by atoms with E-state index in [1.54, 1.807) is 16.4 Å². The topological polar surface area (TPSA) is 55.1 Å². The van der Waals surface area contributed by atoms with Gasteiger partial charge in [0.05, 0.1) is 11.3 Å². The molecule has 4 nitrogen and oxygen atoms in total. The van der Waals surface area contributed by atoms with Gasteiger partial charge in [-0.15, -0.1) is 11.8 Å². The fraction of sp³-hybridized carbons (Fsp3) is 0.600. The van der Waals surface area contributed by atoms with Crippen molar-refractivity contribution in [3.63, 3.8) is 0 Å². The van der Waals surface area contributed by atoms with Crippen molar-refractivity contribution in [2.45, 2.75) is 18.9 Å². The predicted octanol–water partition coefficient (Wildman–Crippen LogP) is 1.26. The van der Waals surface area contributed by atoms with E-state index in [2.05, 4.69) is 5.10 Å². The Morgan fingerprint density at radius 1 is 1.67 bits per heavy atom. The summed E-state index contributed by atoms with van der Waals surface area (Å²) in [4.78, 5) is 10.9.